The molecule has 3 nitrogen and oxygen atoms in total. The van der Waals surface area contributed by atoms with Crippen LogP contribution in [0.5, 0.6) is 0 Å². The first kappa shape index (κ1) is 13.9. The summed E-state index contributed by atoms with van der Waals surface area (Å²) in [5, 5.41) is 0. The van der Waals surface area contributed by atoms with Crippen molar-refractivity contribution in [1.82, 2.24) is 0 Å². The van der Waals surface area contributed by atoms with Crippen molar-refractivity contribution in [3.8, 4) is 0 Å². The predicted molar refractivity (Wildman–Crippen MR) is 57.6 cm³/mol. The topological polar surface area (TPSA) is 27.7 Å². The van der Waals surface area contributed by atoms with Gasteiger partial charge in [-0.15, -0.1) is 0 Å². The molecule has 0 heterocycles. The fourth-order valence-electron chi connectivity index (χ4n) is 1.11. The van der Waals surface area contributed by atoms with Crippen molar-refractivity contribution >= 4 is 0 Å². The molecule has 0 saturated carbocycles. The smallest absolute Gasteiger partial charge is 0.0858 e. The highest BCUT2D eigenvalue weighted by Gasteiger charge is 2.17. The maximum atomic E-state index is 5.49. The Kier molecular flexibility index (Phi) is 8.14. The van der Waals surface area contributed by atoms with Crippen molar-refractivity contribution in [2.75, 3.05) is 33.0 Å². The molecule has 86 valence electrons. The van der Waals surface area contributed by atoms with Gasteiger partial charge in [-0.2, -0.15) is 0 Å². The molecule has 0 rings (SSSR count). The van der Waals surface area contributed by atoms with Gasteiger partial charge in [0.1, 0.15) is 0 Å². The highest BCUT2D eigenvalue weighted by molar-refractivity contribution is 4.66. The Balaban J connectivity index is 3.26. The minimum atomic E-state index is -0.181. The molecule has 0 aliphatic rings. The van der Waals surface area contributed by atoms with Crippen LogP contribution in [-0.2, 0) is 14.2 Å². The first-order valence-electron chi connectivity index (χ1n) is 5.42. The third-order valence-electron chi connectivity index (χ3n) is 1.71. The molecule has 0 saturated heterocycles. The molecule has 0 spiro atoms. The van der Waals surface area contributed by atoms with Gasteiger partial charge in [-0.05, 0) is 27.2 Å². The second-order valence-corrected chi connectivity index (χ2v) is 3.86. The average molecular weight is 204 g/mol. The van der Waals surface area contributed by atoms with E-state index in [-0.39, 0.29) is 5.60 Å². The van der Waals surface area contributed by atoms with Crippen molar-refractivity contribution in [3.63, 3.8) is 0 Å². The maximum Gasteiger partial charge on any atom is 0.0858 e. The van der Waals surface area contributed by atoms with E-state index in [9.17, 15) is 0 Å². The summed E-state index contributed by atoms with van der Waals surface area (Å²) >= 11 is 0. The maximum absolute atomic E-state index is 5.49. The molecule has 0 aromatic rings. The molecule has 14 heavy (non-hydrogen) atoms. The van der Waals surface area contributed by atoms with Crippen LogP contribution in [-0.4, -0.2) is 38.6 Å². The molecule has 0 atom stereocenters. The normalized spacial score (nSPS) is 12.0. The van der Waals surface area contributed by atoms with Crippen LogP contribution in [0.1, 0.15) is 34.1 Å². The fourth-order valence-corrected chi connectivity index (χ4v) is 1.11. The van der Waals surface area contributed by atoms with E-state index in [1.807, 2.05) is 20.8 Å². The van der Waals surface area contributed by atoms with Crippen molar-refractivity contribution < 1.29 is 14.2 Å². The number of hydrogen-bond donors (Lipinski definition) is 0. The van der Waals surface area contributed by atoms with Crippen LogP contribution in [0.2, 0.25) is 0 Å². The van der Waals surface area contributed by atoms with Gasteiger partial charge in [-0.25, -0.2) is 0 Å². The van der Waals surface area contributed by atoms with Crippen molar-refractivity contribution in [1.29, 1.82) is 0 Å². The van der Waals surface area contributed by atoms with Crippen LogP contribution in [0.4, 0.5) is 0 Å². The quantitative estimate of drug-likeness (QED) is 0.539. The van der Waals surface area contributed by atoms with Crippen LogP contribution >= 0.6 is 0 Å². The van der Waals surface area contributed by atoms with E-state index in [4.69, 9.17) is 14.2 Å². The van der Waals surface area contributed by atoms with Crippen molar-refractivity contribution in [2.24, 2.45) is 0 Å². The Morgan fingerprint density at radius 3 is 2.14 bits per heavy atom. The van der Waals surface area contributed by atoms with Gasteiger partial charge in [0, 0.05) is 13.2 Å². The van der Waals surface area contributed by atoms with Crippen molar-refractivity contribution in [2.45, 2.75) is 39.7 Å². The molecule has 0 bridgehead atoms. The Bertz CT molecular complexity index is 124. The molecule has 0 aromatic carbocycles. The third-order valence-corrected chi connectivity index (χ3v) is 1.71. The summed E-state index contributed by atoms with van der Waals surface area (Å²) in [5.74, 6) is 0. The highest BCUT2D eigenvalue weighted by Crippen LogP contribution is 2.08. The minimum absolute atomic E-state index is 0.181. The van der Waals surface area contributed by atoms with Gasteiger partial charge in [0.25, 0.3) is 0 Å². The highest BCUT2D eigenvalue weighted by atomic mass is 16.6. The van der Waals surface area contributed by atoms with E-state index >= 15 is 0 Å². The minimum Gasteiger partial charge on any atom is -0.379 e. The first-order chi connectivity index (χ1) is 6.62. The predicted octanol–water partition coefficient (Wildman–Crippen LogP) is 2.24. The molecular formula is C11H24O3. The first-order valence-corrected chi connectivity index (χ1v) is 5.42. The molecule has 0 aliphatic heterocycles. The molecular weight excluding hydrogens is 180 g/mol. The summed E-state index contributed by atoms with van der Waals surface area (Å²) in [6.45, 7) is 11.6. The van der Waals surface area contributed by atoms with Gasteiger partial charge >= 0.3 is 0 Å². The van der Waals surface area contributed by atoms with Crippen molar-refractivity contribution in [3.05, 3.63) is 0 Å². The van der Waals surface area contributed by atoms with Gasteiger partial charge in [0.2, 0.25) is 0 Å². The number of ether oxygens (including phenoxy) is 3. The molecule has 0 fully saturated rings. The second-order valence-electron chi connectivity index (χ2n) is 3.86. The zero-order chi connectivity index (χ0) is 10.9. The largest absolute Gasteiger partial charge is 0.379 e. The van der Waals surface area contributed by atoms with E-state index in [1.165, 1.54) is 0 Å². The number of rotatable bonds is 9. The third kappa shape index (κ3) is 8.48. The number of hydrogen-bond acceptors (Lipinski definition) is 3. The van der Waals surface area contributed by atoms with Crippen LogP contribution in [0.3, 0.4) is 0 Å². The lowest BCUT2D eigenvalue weighted by Crippen LogP contribution is -2.31. The molecule has 0 radical (unpaired) electrons. The van der Waals surface area contributed by atoms with Gasteiger partial charge in [0.05, 0.1) is 25.4 Å². The summed E-state index contributed by atoms with van der Waals surface area (Å²) in [4.78, 5) is 0. The Labute approximate surface area is 87.7 Å². The lowest BCUT2D eigenvalue weighted by atomic mass is 10.1. The van der Waals surface area contributed by atoms with Gasteiger partial charge in [-0.3, -0.25) is 0 Å². The lowest BCUT2D eigenvalue weighted by Gasteiger charge is -2.24. The van der Waals surface area contributed by atoms with Gasteiger partial charge in [0.15, 0.2) is 0 Å². The molecule has 0 aliphatic carbocycles. The molecule has 0 aromatic heterocycles. The SMILES string of the molecule is CCCOCCOCC(C)(C)OCC. The Hall–Kier alpha value is -0.120. The second kappa shape index (κ2) is 8.21. The Morgan fingerprint density at radius 2 is 1.57 bits per heavy atom. The van der Waals surface area contributed by atoms with E-state index in [2.05, 4.69) is 6.92 Å². The average Bonchev–Trinajstić information content (AvgIpc) is 2.11. The summed E-state index contributed by atoms with van der Waals surface area (Å²) in [5.41, 5.74) is -0.181. The summed E-state index contributed by atoms with van der Waals surface area (Å²) in [6.07, 6.45) is 1.06. The Morgan fingerprint density at radius 1 is 0.929 bits per heavy atom. The summed E-state index contributed by atoms with van der Waals surface area (Å²) < 4.78 is 16.2. The zero-order valence-electron chi connectivity index (χ0n) is 9.97. The van der Waals surface area contributed by atoms with Gasteiger partial charge < -0.3 is 14.2 Å². The summed E-state index contributed by atoms with van der Waals surface area (Å²) in [6, 6.07) is 0. The van der Waals surface area contributed by atoms with E-state index in [0.717, 1.165) is 19.6 Å². The van der Waals surface area contributed by atoms with E-state index in [0.29, 0.717) is 19.8 Å². The summed E-state index contributed by atoms with van der Waals surface area (Å²) in [7, 11) is 0. The molecule has 3 heteroatoms. The van der Waals surface area contributed by atoms with Crippen LogP contribution in [0, 0.1) is 0 Å². The molecule has 0 unspecified atom stereocenters. The zero-order valence-corrected chi connectivity index (χ0v) is 9.97. The van der Waals surface area contributed by atoms with Crippen LogP contribution in [0.25, 0.3) is 0 Å². The van der Waals surface area contributed by atoms with E-state index in [1.54, 1.807) is 0 Å². The standard InChI is InChI=1S/C11H24O3/c1-5-7-12-8-9-13-10-11(3,4)14-6-2/h5-10H2,1-4H3. The molecule has 0 amide bonds. The lowest BCUT2D eigenvalue weighted by molar-refractivity contribution is -0.0781. The van der Waals surface area contributed by atoms with Gasteiger partial charge in [-0.1, -0.05) is 6.92 Å². The van der Waals surface area contributed by atoms with E-state index < -0.39 is 0 Å². The van der Waals surface area contributed by atoms with Crippen LogP contribution in [0.15, 0.2) is 0 Å². The molecule has 0 N–H and O–H groups in total. The monoisotopic (exact) mass is 204 g/mol. The van der Waals surface area contributed by atoms with Crippen LogP contribution < -0.4 is 0 Å². The fraction of sp³-hybridized carbons (Fsp3) is 1.00.